The molecule has 1 aromatic carbocycles. The third-order valence-electron chi connectivity index (χ3n) is 7.40. The number of benzene rings is 1. The first-order chi connectivity index (χ1) is 18.8. The molecule has 0 spiro atoms. The van der Waals surface area contributed by atoms with Crippen LogP contribution in [0.5, 0.6) is 0 Å². The van der Waals surface area contributed by atoms with Gasteiger partial charge in [-0.2, -0.15) is 4.98 Å². The largest absolute Gasteiger partial charge is 0.391 e. The van der Waals surface area contributed by atoms with Crippen LogP contribution in [0.2, 0.25) is 0 Å². The number of rotatable bonds is 4. The molecule has 2 unspecified atom stereocenters. The van der Waals surface area contributed by atoms with Crippen molar-refractivity contribution in [2.24, 2.45) is 5.92 Å². The minimum absolute atomic E-state index is 0.0539. The quantitative estimate of drug-likeness (QED) is 0.451. The maximum Gasteiger partial charge on any atom is 0.225 e. The Morgan fingerprint density at radius 3 is 2.46 bits per heavy atom. The zero-order valence-electron chi connectivity index (χ0n) is 21.5. The number of aliphatic hydroxyl groups is 1. The standard InChI is InChI=1S/C15H13F3N6O.C11H19NO2/c16-7-3-9(17)12(10(18)4-7)22-15-21-11-5-20-14(19)23-13(11)24(15)8-1-2-25-6-8;13-10-6-7-12(8-10)11(14)9-4-2-1-3-5-9/h3-5,8H,1-2,6H2,(H,21,22)(H2,19,20,23);9-10,13H,1-8H2. The summed E-state index contributed by atoms with van der Waals surface area (Å²) in [6, 6.07) is 1.05. The molecule has 39 heavy (non-hydrogen) atoms. The molecule has 0 bridgehead atoms. The Balaban J connectivity index is 0.000000186. The van der Waals surface area contributed by atoms with Crippen LogP contribution in [0.4, 0.5) is 30.8 Å². The number of aliphatic hydroxyl groups excluding tert-OH is 1. The molecule has 13 heteroatoms. The number of nitrogens with zero attached hydrogens (tertiary/aromatic N) is 5. The number of carbonyl (C=O) groups excluding carboxylic acids is 1. The minimum Gasteiger partial charge on any atom is -0.391 e. The Hall–Kier alpha value is -3.45. The fourth-order valence-corrected chi connectivity index (χ4v) is 5.39. The van der Waals surface area contributed by atoms with Gasteiger partial charge in [0.1, 0.15) is 17.0 Å². The molecular weight excluding hydrogens is 515 g/mol. The van der Waals surface area contributed by atoms with Crippen molar-refractivity contribution in [2.75, 3.05) is 37.4 Å². The molecule has 4 heterocycles. The highest BCUT2D eigenvalue weighted by Gasteiger charge is 2.30. The van der Waals surface area contributed by atoms with Crippen molar-refractivity contribution in [1.82, 2.24) is 24.4 Å². The maximum atomic E-state index is 14.0. The normalized spacial score (nSPS) is 21.7. The molecule has 2 aromatic heterocycles. The van der Waals surface area contributed by atoms with E-state index in [9.17, 15) is 23.1 Å². The van der Waals surface area contributed by atoms with Crippen molar-refractivity contribution in [1.29, 1.82) is 0 Å². The number of nitrogens with one attached hydrogen (secondary N) is 1. The van der Waals surface area contributed by atoms with Crippen LogP contribution in [-0.2, 0) is 9.53 Å². The van der Waals surface area contributed by atoms with Gasteiger partial charge in [-0.05, 0) is 25.7 Å². The van der Waals surface area contributed by atoms with E-state index >= 15 is 0 Å². The van der Waals surface area contributed by atoms with E-state index < -0.39 is 23.1 Å². The van der Waals surface area contributed by atoms with Gasteiger partial charge in [0.15, 0.2) is 17.3 Å². The van der Waals surface area contributed by atoms with Crippen LogP contribution < -0.4 is 11.1 Å². The highest BCUT2D eigenvalue weighted by Crippen LogP contribution is 2.32. The third-order valence-corrected chi connectivity index (χ3v) is 7.40. The number of nitrogens with two attached hydrogens (primary N) is 1. The number of fused-ring (bicyclic) bond motifs is 1. The van der Waals surface area contributed by atoms with Gasteiger partial charge in [-0.1, -0.05) is 19.3 Å². The van der Waals surface area contributed by atoms with E-state index in [1.165, 1.54) is 25.5 Å². The number of amides is 1. The number of β-amino-alcohol motifs (C(OH)–C–C–N with tert-alkyl or cyclic N) is 1. The Bertz CT molecular complexity index is 1300. The molecule has 3 fully saturated rings. The fourth-order valence-electron chi connectivity index (χ4n) is 5.39. The highest BCUT2D eigenvalue weighted by molar-refractivity contribution is 5.79. The number of hydrogen-bond acceptors (Lipinski definition) is 8. The van der Waals surface area contributed by atoms with Gasteiger partial charge >= 0.3 is 0 Å². The van der Waals surface area contributed by atoms with E-state index in [0.717, 1.165) is 25.8 Å². The smallest absolute Gasteiger partial charge is 0.225 e. The van der Waals surface area contributed by atoms with Crippen LogP contribution in [0.1, 0.15) is 51.0 Å². The van der Waals surface area contributed by atoms with Gasteiger partial charge in [0.25, 0.3) is 0 Å². The van der Waals surface area contributed by atoms with E-state index in [-0.39, 0.29) is 30.0 Å². The van der Waals surface area contributed by atoms with Gasteiger partial charge < -0.3 is 25.8 Å². The number of hydrogen-bond donors (Lipinski definition) is 3. The summed E-state index contributed by atoms with van der Waals surface area (Å²) < 4.78 is 48.1. The minimum atomic E-state index is -1.07. The molecule has 2 saturated heterocycles. The Morgan fingerprint density at radius 2 is 1.82 bits per heavy atom. The molecule has 210 valence electrons. The van der Waals surface area contributed by atoms with Gasteiger partial charge in [-0.25, -0.2) is 23.1 Å². The van der Waals surface area contributed by atoms with Gasteiger partial charge in [-0.15, -0.1) is 0 Å². The van der Waals surface area contributed by atoms with Crippen molar-refractivity contribution < 1.29 is 27.8 Å². The predicted octanol–water partition coefficient (Wildman–Crippen LogP) is 3.69. The lowest BCUT2D eigenvalue weighted by molar-refractivity contribution is -0.135. The van der Waals surface area contributed by atoms with E-state index in [1.54, 1.807) is 4.57 Å². The van der Waals surface area contributed by atoms with E-state index in [1.807, 2.05) is 4.90 Å². The summed E-state index contributed by atoms with van der Waals surface area (Å²) in [6.07, 6.45) is 8.40. The number of likely N-dealkylation sites (tertiary alicyclic amines) is 1. The van der Waals surface area contributed by atoms with Crippen LogP contribution in [-0.4, -0.2) is 67.8 Å². The molecule has 0 radical (unpaired) electrons. The molecule has 2 aliphatic heterocycles. The van der Waals surface area contributed by atoms with E-state index in [4.69, 9.17) is 10.5 Å². The summed E-state index contributed by atoms with van der Waals surface area (Å²) in [5.41, 5.74) is 5.97. The molecular formula is C26H32F3N7O3. The summed E-state index contributed by atoms with van der Waals surface area (Å²) in [5, 5.41) is 11.9. The predicted molar refractivity (Wildman–Crippen MR) is 138 cm³/mol. The molecule has 1 saturated carbocycles. The molecule has 2 atom stereocenters. The molecule has 6 rings (SSSR count). The summed E-state index contributed by atoms with van der Waals surface area (Å²) in [4.78, 5) is 26.1. The van der Waals surface area contributed by atoms with Crippen molar-refractivity contribution in [2.45, 2.75) is 57.1 Å². The maximum absolute atomic E-state index is 14.0. The highest BCUT2D eigenvalue weighted by atomic mass is 19.1. The van der Waals surface area contributed by atoms with Crippen molar-refractivity contribution in [3.8, 4) is 0 Å². The number of anilines is 3. The first-order valence-corrected chi connectivity index (χ1v) is 13.3. The second-order valence-corrected chi connectivity index (χ2v) is 10.2. The average molecular weight is 548 g/mol. The van der Waals surface area contributed by atoms with Gasteiger partial charge in [0.2, 0.25) is 17.8 Å². The monoisotopic (exact) mass is 547 g/mol. The van der Waals surface area contributed by atoms with Gasteiger partial charge in [-0.3, -0.25) is 9.36 Å². The molecule has 1 amide bonds. The van der Waals surface area contributed by atoms with Crippen LogP contribution in [0.3, 0.4) is 0 Å². The van der Waals surface area contributed by atoms with Crippen molar-refractivity contribution >= 4 is 34.7 Å². The van der Waals surface area contributed by atoms with Crippen LogP contribution in [0, 0.1) is 23.4 Å². The molecule has 3 aromatic rings. The number of halogens is 3. The Labute approximate surface area is 223 Å². The molecule has 10 nitrogen and oxygen atoms in total. The lowest BCUT2D eigenvalue weighted by Gasteiger charge is -2.25. The first-order valence-electron chi connectivity index (χ1n) is 13.3. The van der Waals surface area contributed by atoms with Crippen molar-refractivity contribution in [3.05, 3.63) is 35.8 Å². The van der Waals surface area contributed by atoms with Gasteiger partial charge in [0.05, 0.1) is 24.9 Å². The lowest BCUT2D eigenvalue weighted by Crippen LogP contribution is -2.35. The van der Waals surface area contributed by atoms with Crippen molar-refractivity contribution in [3.63, 3.8) is 0 Å². The summed E-state index contributed by atoms with van der Waals surface area (Å²) >= 11 is 0. The van der Waals surface area contributed by atoms with Gasteiger partial charge in [0, 0.05) is 37.7 Å². The van der Waals surface area contributed by atoms with Crippen LogP contribution in [0.15, 0.2) is 18.3 Å². The third kappa shape index (κ3) is 6.09. The number of aromatic nitrogens is 4. The number of imidazole rings is 1. The van der Waals surface area contributed by atoms with E-state index in [2.05, 4.69) is 20.3 Å². The van der Waals surface area contributed by atoms with Crippen LogP contribution in [0.25, 0.3) is 11.2 Å². The van der Waals surface area contributed by atoms with Crippen LogP contribution >= 0.6 is 0 Å². The fraction of sp³-hybridized carbons (Fsp3) is 0.538. The Kier molecular flexibility index (Phi) is 8.17. The van der Waals surface area contributed by atoms with E-state index in [0.29, 0.717) is 55.4 Å². The molecule has 3 aliphatic rings. The summed E-state index contributed by atoms with van der Waals surface area (Å²) in [7, 11) is 0. The summed E-state index contributed by atoms with van der Waals surface area (Å²) in [5.74, 6) is -2.38. The zero-order valence-corrected chi connectivity index (χ0v) is 21.5. The topological polar surface area (TPSA) is 131 Å². The first kappa shape index (κ1) is 27.1. The SMILES string of the molecule is Nc1ncc2nc(Nc3c(F)cc(F)cc3F)n(C3CCOC3)c2n1.O=C(C1CCCCC1)N1CCC(O)C1. The molecule has 4 N–H and O–H groups in total. The molecule has 1 aliphatic carbocycles. The second kappa shape index (κ2) is 11.7. The number of nitrogen functional groups attached to an aromatic ring is 1. The zero-order chi connectivity index (χ0) is 27.5. The lowest BCUT2D eigenvalue weighted by atomic mass is 9.88. The number of carbonyl (C=O) groups is 1. The summed E-state index contributed by atoms with van der Waals surface area (Å²) in [6.45, 7) is 2.27. The second-order valence-electron chi connectivity index (χ2n) is 10.2. The Morgan fingerprint density at radius 1 is 1.08 bits per heavy atom. The number of ether oxygens (including phenoxy) is 1. The average Bonchev–Trinajstić information content (AvgIpc) is 3.66.